The van der Waals surface area contributed by atoms with Gasteiger partial charge in [-0.1, -0.05) is 36.9 Å². The molecule has 21 heavy (non-hydrogen) atoms. The molecular formula is C18H22FNS. The lowest BCUT2D eigenvalue weighted by molar-refractivity contribution is 0.558. The number of rotatable bonds is 5. The van der Waals surface area contributed by atoms with Crippen LogP contribution in [-0.2, 0) is 0 Å². The van der Waals surface area contributed by atoms with Crippen LogP contribution in [0.25, 0.3) is 0 Å². The molecule has 0 saturated carbocycles. The highest BCUT2D eigenvalue weighted by molar-refractivity contribution is 7.99. The van der Waals surface area contributed by atoms with Crippen LogP contribution >= 0.6 is 11.8 Å². The third kappa shape index (κ3) is 3.86. The van der Waals surface area contributed by atoms with Crippen molar-refractivity contribution >= 4 is 11.8 Å². The molecule has 0 fully saturated rings. The van der Waals surface area contributed by atoms with Crippen molar-refractivity contribution in [3.8, 4) is 0 Å². The normalized spacial score (nSPS) is 12.4. The highest BCUT2D eigenvalue weighted by Gasteiger charge is 2.15. The minimum Gasteiger partial charge on any atom is -0.310 e. The van der Waals surface area contributed by atoms with Gasteiger partial charge in [0, 0.05) is 10.9 Å². The predicted octanol–water partition coefficient (Wildman–Crippen LogP) is 5.26. The largest absolute Gasteiger partial charge is 0.310 e. The Labute approximate surface area is 131 Å². The zero-order valence-electron chi connectivity index (χ0n) is 13.0. The number of halogens is 1. The maximum absolute atomic E-state index is 14.3. The number of aryl methyl sites for hydroxylation is 2. The first-order valence-electron chi connectivity index (χ1n) is 7.29. The van der Waals surface area contributed by atoms with E-state index < -0.39 is 0 Å². The molecule has 0 aliphatic heterocycles. The highest BCUT2D eigenvalue weighted by atomic mass is 32.2. The second-order valence-corrected chi connectivity index (χ2v) is 6.37. The van der Waals surface area contributed by atoms with Gasteiger partial charge in [-0.05, 0) is 62.2 Å². The number of benzene rings is 2. The van der Waals surface area contributed by atoms with Crippen molar-refractivity contribution in [1.29, 1.82) is 0 Å². The molecule has 1 atom stereocenters. The summed E-state index contributed by atoms with van der Waals surface area (Å²) in [5.74, 6) is -0.152. The summed E-state index contributed by atoms with van der Waals surface area (Å²) in [5, 5.41) is 3.36. The molecule has 0 amide bonds. The topological polar surface area (TPSA) is 12.0 Å². The van der Waals surface area contributed by atoms with Gasteiger partial charge in [-0.2, -0.15) is 0 Å². The number of nitrogens with one attached hydrogen (secondary N) is 1. The van der Waals surface area contributed by atoms with Crippen molar-refractivity contribution in [3.63, 3.8) is 0 Å². The van der Waals surface area contributed by atoms with Gasteiger partial charge in [0.05, 0.1) is 4.90 Å². The van der Waals surface area contributed by atoms with Gasteiger partial charge >= 0.3 is 0 Å². The van der Waals surface area contributed by atoms with Gasteiger partial charge in [0.1, 0.15) is 5.82 Å². The van der Waals surface area contributed by atoms with Crippen molar-refractivity contribution in [2.24, 2.45) is 0 Å². The lowest BCUT2D eigenvalue weighted by atomic mass is 10.1. The summed E-state index contributed by atoms with van der Waals surface area (Å²) in [6, 6.07) is 11.7. The van der Waals surface area contributed by atoms with Gasteiger partial charge in [-0.3, -0.25) is 0 Å². The maximum atomic E-state index is 14.3. The molecule has 0 aliphatic carbocycles. The maximum Gasteiger partial charge on any atom is 0.137 e. The lowest BCUT2D eigenvalue weighted by Gasteiger charge is -2.17. The van der Waals surface area contributed by atoms with E-state index in [2.05, 4.69) is 51.2 Å². The minimum absolute atomic E-state index is 0.139. The molecule has 3 heteroatoms. The molecule has 0 aromatic heterocycles. The fourth-order valence-corrected chi connectivity index (χ4v) is 3.42. The Balaban J connectivity index is 2.36. The first kappa shape index (κ1) is 16.1. The highest BCUT2D eigenvalue weighted by Crippen LogP contribution is 2.36. The average molecular weight is 303 g/mol. The Hall–Kier alpha value is -1.32. The lowest BCUT2D eigenvalue weighted by Crippen LogP contribution is -2.18. The summed E-state index contributed by atoms with van der Waals surface area (Å²) in [5.41, 5.74) is 3.51. The van der Waals surface area contributed by atoms with Crippen molar-refractivity contribution in [3.05, 3.63) is 58.9 Å². The molecule has 1 nitrogen and oxygen atoms in total. The standard InChI is InChI=1S/C18H22FNS/c1-5-20-14(4)16-7-6-8-17(19)18(16)21-15-10-9-12(2)13(3)11-15/h6-11,14,20H,5H2,1-4H3. The zero-order chi connectivity index (χ0) is 15.4. The van der Waals surface area contributed by atoms with Gasteiger partial charge in [0.25, 0.3) is 0 Å². The fraction of sp³-hybridized carbons (Fsp3) is 0.333. The molecule has 1 unspecified atom stereocenters. The van der Waals surface area contributed by atoms with E-state index in [1.165, 1.54) is 29.0 Å². The quantitative estimate of drug-likeness (QED) is 0.808. The van der Waals surface area contributed by atoms with Crippen LogP contribution in [0.5, 0.6) is 0 Å². The average Bonchev–Trinajstić information content (AvgIpc) is 2.45. The van der Waals surface area contributed by atoms with Crippen LogP contribution in [-0.4, -0.2) is 6.54 Å². The third-order valence-electron chi connectivity index (χ3n) is 3.67. The Morgan fingerprint density at radius 3 is 2.57 bits per heavy atom. The zero-order valence-corrected chi connectivity index (χ0v) is 13.9. The molecule has 112 valence electrons. The van der Waals surface area contributed by atoms with Crippen LogP contribution in [0.15, 0.2) is 46.2 Å². The van der Waals surface area contributed by atoms with Crippen molar-refractivity contribution in [2.75, 3.05) is 6.54 Å². The monoisotopic (exact) mass is 303 g/mol. The van der Waals surface area contributed by atoms with Gasteiger partial charge in [0.2, 0.25) is 0 Å². The second-order valence-electron chi connectivity index (χ2n) is 5.29. The summed E-state index contributed by atoms with van der Waals surface area (Å²) in [4.78, 5) is 1.79. The van der Waals surface area contributed by atoms with Crippen LogP contribution in [0.3, 0.4) is 0 Å². The molecular weight excluding hydrogens is 281 g/mol. The van der Waals surface area contributed by atoms with Crippen LogP contribution in [0, 0.1) is 19.7 Å². The van der Waals surface area contributed by atoms with Crippen molar-refractivity contribution < 1.29 is 4.39 Å². The van der Waals surface area contributed by atoms with Crippen LogP contribution in [0.2, 0.25) is 0 Å². The summed E-state index contributed by atoms with van der Waals surface area (Å²) in [7, 11) is 0. The second kappa shape index (κ2) is 7.10. The van der Waals surface area contributed by atoms with Gasteiger partial charge in [0.15, 0.2) is 0 Å². The Morgan fingerprint density at radius 2 is 1.90 bits per heavy atom. The van der Waals surface area contributed by atoms with Crippen LogP contribution in [0.1, 0.15) is 36.6 Å². The van der Waals surface area contributed by atoms with Crippen molar-refractivity contribution in [1.82, 2.24) is 5.32 Å². The predicted molar refractivity (Wildman–Crippen MR) is 88.5 cm³/mol. The fourth-order valence-electron chi connectivity index (χ4n) is 2.29. The van der Waals surface area contributed by atoms with E-state index in [0.29, 0.717) is 4.90 Å². The first-order chi connectivity index (χ1) is 10.0. The summed E-state index contributed by atoms with van der Waals surface area (Å²) >= 11 is 1.50. The number of hydrogen-bond acceptors (Lipinski definition) is 2. The van der Waals surface area contributed by atoms with E-state index in [-0.39, 0.29) is 11.9 Å². The summed E-state index contributed by atoms with van der Waals surface area (Å²) in [6.45, 7) is 9.18. The Kier molecular flexibility index (Phi) is 5.43. The number of hydrogen-bond donors (Lipinski definition) is 1. The Bertz CT molecular complexity index is 625. The van der Waals surface area contributed by atoms with Gasteiger partial charge in [-0.25, -0.2) is 4.39 Å². The van der Waals surface area contributed by atoms with E-state index in [1.54, 1.807) is 6.07 Å². The van der Waals surface area contributed by atoms with E-state index in [9.17, 15) is 4.39 Å². The minimum atomic E-state index is -0.152. The van der Waals surface area contributed by atoms with Gasteiger partial charge in [-0.15, -0.1) is 0 Å². The molecule has 1 N–H and O–H groups in total. The third-order valence-corrected chi connectivity index (χ3v) is 4.80. The SMILES string of the molecule is CCNC(C)c1cccc(F)c1Sc1ccc(C)c(C)c1. The molecule has 2 aromatic rings. The molecule has 2 rings (SSSR count). The van der Waals surface area contributed by atoms with E-state index in [1.807, 2.05) is 6.07 Å². The molecule has 0 saturated heterocycles. The molecule has 0 bridgehead atoms. The molecule has 0 aliphatic rings. The van der Waals surface area contributed by atoms with Crippen molar-refractivity contribution in [2.45, 2.75) is 43.5 Å². The van der Waals surface area contributed by atoms with Gasteiger partial charge < -0.3 is 5.32 Å². The molecule has 0 spiro atoms. The smallest absolute Gasteiger partial charge is 0.137 e. The molecule has 0 heterocycles. The first-order valence-corrected chi connectivity index (χ1v) is 8.11. The van der Waals surface area contributed by atoms with Crippen LogP contribution < -0.4 is 5.32 Å². The Morgan fingerprint density at radius 1 is 1.14 bits per heavy atom. The summed E-state index contributed by atoms with van der Waals surface area (Å²) in [6.07, 6.45) is 0. The van der Waals surface area contributed by atoms with E-state index in [0.717, 1.165) is 17.0 Å². The van der Waals surface area contributed by atoms with E-state index in [4.69, 9.17) is 0 Å². The van der Waals surface area contributed by atoms with Crippen LogP contribution in [0.4, 0.5) is 4.39 Å². The van der Waals surface area contributed by atoms with E-state index >= 15 is 0 Å². The molecule has 2 aromatic carbocycles. The molecule has 0 radical (unpaired) electrons. The summed E-state index contributed by atoms with van der Waals surface area (Å²) < 4.78 is 14.3.